The van der Waals surface area contributed by atoms with Crippen molar-refractivity contribution < 1.29 is 8.78 Å². The zero-order valence-corrected chi connectivity index (χ0v) is 9.05. The summed E-state index contributed by atoms with van der Waals surface area (Å²) in [4.78, 5) is 10.2. The van der Waals surface area contributed by atoms with E-state index < -0.39 is 12.3 Å². The minimum atomic E-state index is -2.24. The zero-order chi connectivity index (χ0) is 11.8. The Morgan fingerprint density at radius 2 is 1.94 bits per heavy atom. The Hall–Kier alpha value is -1.78. The van der Waals surface area contributed by atoms with E-state index in [2.05, 4.69) is 9.97 Å². The number of anilines is 1. The van der Waals surface area contributed by atoms with Gasteiger partial charge in [0.2, 0.25) is 6.43 Å². The van der Waals surface area contributed by atoms with Gasteiger partial charge in [0, 0.05) is 18.5 Å². The molecule has 0 atom stereocenters. The number of alkyl halides is 2. The first-order chi connectivity index (χ1) is 8.25. The lowest BCUT2D eigenvalue weighted by atomic mass is 10.0. The molecule has 0 N–H and O–H groups in total. The first kappa shape index (κ1) is 10.4. The molecule has 88 valence electrons. The van der Waals surface area contributed by atoms with Crippen LogP contribution < -0.4 is 4.90 Å². The quantitative estimate of drug-likeness (QED) is 0.800. The van der Waals surface area contributed by atoms with Crippen molar-refractivity contribution in [3.05, 3.63) is 30.6 Å². The number of nitrogens with zero attached hydrogens (tertiary/aromatic N) is 3. The summed E-state index contributed by atoms with van der Waals surface area (Å²) < 4.78 is 24.8. The fourth-order valence-electron chi connectivity index (χ4n) is 2.09. The van der Waals surface area contributed by atoms with Crippen LogP contribution in [0.25, 0.3) is 10.9 Å². The van der Waals surface area contributed by atoms with Gasteiger partial charge in [-0.05, 0) is 12.1 Å². The van der Waals surface area contributed by atoms with Crippen molar-refractivity contribution in [3.8, 4) is 0 Å². The maximum Gasteiger partial charge on any atom is 0.244 e. The summed E-state index contributed by atoms with van der Waals surface area (Å²) in [6, 6.07) is 7.61. The van der Waals surface area contributed by atoms with Gasteiger partial charge in [-0.15, -0.1) is 0 Å². The highest BCUT2D eigenvalue weighted by Gasteiger charge is 2.35. The Kier molecular flexibility index (Phi) is 2.39. The maximum atomic E-state index is 12.4. The standard InChI is InChI=1S/C12H11F2N3/c13-11(14)8-5-17(6-8)12-9-3-1-2-4-10(9)15-7-16-12/h1-4,7-8,11H,5-6H2. The van der Waals surface area contributed by atoms with Crippen LogP contribution in [0.4, 0.5) is 14.6 Å². The van der Waals surface area contributed by atoms with Crippen LogP contribution in [0.1, 0.15) is 0 Å². The third kappa shape index (κ3) is 1.71. The number of fused-ring (bicyclic) bond motifs is 1. The highest BCUT2D eigenvalue weighted by Crippen LogP contribution is 2.30. The lowest BCUT2D eigenvalue weighted by Crippen LogP contribution is -2.50. The summed E-state index contributed by atoms with van der Waals surface area (Å²) in [5.74, 6) is 0.233. The van der Waals surface area contributed by atoms with Crippen LogP contribution in [0.5, 0.6) is 0 Å². The fraction of sp³-hybridized carbons (Fsp3) is 0.333. The van der Waals surface area contributed by atoms with Crippen LogP contribution in [0.15, 0.2) is 30.6 Å². The molecule has 1 aliphatic heterocycles. The molecule has 1 aromatic heterocycles. The average Bonchev–Trinajstić information content (AvgIpc) is 2.27. The van der Waals surface area contributed by atoms with Crippen molar-refractivity contribution in [2.75, 3.05) is 18.0 Å². The van der Waals surface area contributed by atoms with Crippen molar-refractivity contribution in [2.24, 2.45) is 5.92 Å². The predicted octanol–water partition coefficient (Wildman–Crippen LogP) is 2.33. The predicted molar refractivity (Wildman–Crippen MR) is 61.2 cm³/mol. The molecule has 0 spiro atoms. The van der Waals surface area contributed by atoms with Crippen LogP contribution >= 0.6 is 0 Å². The highest BCUT2D eigenvalue weighted by atomic mass is 19.3. The third-order valence-electron chi connectivity index (χ3n) is 3.09. The molecule has 0 radical (unpaired) electrons. The summed E-state index contributed by atoms with van der Waals surface area (Å²) in [6.07, 6.45) is -0.757. The molecule has 17 heavy (non-hydrogen) atoms. The number of para-hydroxylation sites is 1. The van der Waals surface area contributed by atoms with E-state index in [1.54, 1.807) is 0 Å². The van der Waals surface area contributed by atoms with Gasteiger partial charge in [-0.1, -0.05) is 12.1 Å². The van der Waals surface area contributed by atoms with Gasteiger partial charge < -0.3 is 4.90 Å². The molecule has 0 aliphatic carbocycles. The molecule has 2 aromatic rings. The summed E-state index contributed by atoms with van der Waals surface area (Å²) in [5, 5.41) is 0.919. The van der Waals surface area contributed by atoms with E-state index in [0.29, 0.717) is 13.1 Å². The highest BCUT2D eigenvalue weighted by molar-refractivity contribution is 5.89. The van der Waals surface area contributed by atoms with E-state index in [4.69, 9.17) is 0 Å². The van der Waals surface area contributed by atoms with Gasteiger partial charge in [-0.3, -0.25) is 0 Å². The monoisotopic (exact) mass is 235 g/mol. The molecule has 2 heterocycles. The molecule has 1 aromatic carbocycles. The van der Waals surface area contributed by atoms with Crippen LogP contribution in [0.3, 0.4) is 0 Å². The second kappa shape index (κ2) is 3.91. The molecule has 1 saturated heterocycles. The minimum absolute atomic E-state index is 0.374. The zero-order valence-electron chi connectivity index (χ0n) is 9.05. The largest absolute Gasteiger partial charge is 0.355 e. The summed E-state index contributed by atoms with van der Waals surface area (Å²) in [7, 11) is 0. The van der Waals surface area contributed by atoms with E-state index in [1.807, 2.05) is 29.2 Å². The number of aromatic nitrogens is 2. The number of rotatable bonds is 2. The molecule has 3 rings (SSSR count). The average molecular weight is 235 g/mol. The number of hydrogen-bond acceptors (Lipinski definition) is 3. The van der Waals surface area contributed by atoms with E-state index >= 15 is 0 Å². The Labute approximate surface area is 97.1 Å². The molecule has 0 saturated carbocycles. The van der Waals surface area contributed by atoms with Gasteiger partial charge in [0.1, 0.15) is 12.1 Å². The SMILES string of the molecule is FC(F)C1CN(c2ncnc3ccccc23)C1. The molecule has 1 fully saturated rings. The lowest BCUT2D eigenvalue weighted by Gasteiger charge is -2.39. The van der Waals surface area contributed by atoms with E-state index in [-0.39, 0.29) is 0 Å². The second-order valence-electron chi connectivity index (χ2n) is 4.21. The first-order valence-electron chi connectivity index (χ1n) is 5.48. The Bertz CT molecular complexity index is 533. The van der Waals surface area contributed by atoms with Gasteiger partial charge >= 0.3 is 0 Å². The van der Waals surface area contributed by atoms with Gasteiger partial charge in [-0.25, -0.2) is 18.7 Å². The molecular weight excluding hydrogens is 224 g/mol. The maximum absolute atomic E-state index is 12.4. The third-order valence-corrected chi connectivity index (χ3v) is 3.09. The smallest absolute Gasteiger partial charge is 0.244 e. The van der Waals surface area contributed by atoms with Crippen LogP contribution in [0, 0.1) is 5.92 Å². The first-order valence-corrected chi connectivity index (χ1v) is 5.48. The van der Waals surface area contributed by atoms with Crippen LogP contribution in [-0.2, 0) is 0 Å². The number of hydrogen-bond donors (Lipinski definition) is 0. The van der Waals surface area contributed by atoms with Gasteiger partial charge in [0.05, 0.1) is 11.4 Å². The molecule has 0 bridgehead atoms. The van der Waals surface area contributed by atoms with Crippen molar-refractivity contribution in [1.29, 1.82) is 0 Å². The second-order valence-corrected chi connectivity index (χ2v) is 4.21. The van der Waals surface area contributed by atoms with Gasteiger partial charge in [-0.2, -0.15) is 0 Å². The molecule has 5 heteroatoms. The van der Waals surface area contributed by atoms with E-state index in [0.717, 1.165) is 16.7 Å². The molecule has 3 nitrogen and oxygen atoms in total. The minimum Gasteiger partial charge on any atom is -0.355 e. The summed E-state index contributed by atoms with van der Waals surface area (Å²) >= 11 is 0. The van der Waals surface area contributed by atoms with Gasteiger partial charge in [0.15, 0.2) is 0 Å². The van der Waals surface area contributed by atoms with Crippen molar-refractivity contribution in [3.63, 3.8) is 0 Å². The van der Waals surface area contributed by atoms with Crippen LogP contribution in [-0.4, -0.2) is 29.5 Å². The van der Waals surface area contributed by atoms with Gasteiger partial charge in [0.25, 0.3) is 0 Å². The molecule has 0 unspecified atom stereocenters. The molecule has 1 aliphatic rings. The van der Waals surface area contributed by atoms with E-state index in [1.165, 1.54) is 6.33 Å². The normalized spacial score (nSPS) is 16.5. The number of halogens is 2. The summed E-state index contributed by atoms with van der Waals surface area (Å²) in [5.41, 5.74) is 0.845. The molecular formula is C12H11F2N3. The summed E-state index contributed by atoms with van der Waals surface area (Å²) in [6.45, 7) is 0.747. The fourth-order valence-corrected chi connectivity index (χ4v) is 2.09. The molecule has 0 amide bonds. The van der Waals surface area contributed by atoms with E-state index in [9.17, 15) is 8.78 Å². The van der Waals surface area contributed by atoms with Crippen molar-refractivity contribution in [2.45, 2.75) is 6.43 Å². The Morgan fingerprint density at radius 3 is 2.71 bits per heavy atom. The Morgan fingerprint density at radius 1 is 1.18 bits per heavy atom. The van der Waals surface area contributed by atoms with Crippen molar-refractivity contribution >= 4 is 16.7 Å². The Balaban J connectivity index is 1.92. The lowest BCUT2D eigenvalue weighted by molar-refractivity contribution is 0.0612. The van der Waals surface area contributed by atoms with Crippen molar-refractivity contribution in [1.82, 2.24) is 9.97 Å². The van der Waals surface area contributed by atoms with Crippen LogP contribution in [0.2, 0.25) is 0 Å². The topological polar surface area (TPSA) is 29.0 Å². The number of benzene rings is 1.